The second-order valence-electron chi connectivity index (χ2n) is 3.11. The number of rotatable bonds is 1. The summed E-state index contributed by atoms with van der Waals surface area (Å²) in [4.78, 5) is 10.9. The summed E-state index contributed by atoms with van der Waals surface area (Å²) < 4.78 is 22.7. The number of hydrogen-bond donors (Lipinski definition) is 1. The number of carbonyl (C=O) groups is 1. The highest BCUT2D eigenvalue weighted by atomic mass is 32.2. The zero-order valence-corrected chi connectivity index (χ0v) is 8.02. The molecule has 1 saturated heterocycles. The average Bonchev–Trinajstić information content (AvgIpc) is 1.82. The minimum Gasteiger partial charge on any atom is -0.351 e. The highest BCUT2D eigenvalue weighted by Crippen LogP contribution is 2.15. The zero-order chi connectivity index (χ0) is 9.35. The van der Waals surface area contributed by atoms with Gasteiger partial charge in [0, 0.05) is 6.04 Å². The molecule has 0 aliphatic carbocycles. The first-order valence-corrected chi connectivity index (χ1v) is 5.70. The normalized spacial score (nSPS) is 34.3. The zero-order valence-electron chi connectivity index (χ0n) is 7.20. The van der Waals surface area contributed by atoms with Gasteiger partial charge in [-0.05, 0) is 13.3 Å². The maximum Gasteiger partial charge on any atom is 0.235 e. The maximum absolute atomic E-state index is 11.4. The van der Waals surface area contributed by atoms with E-state index in [4.69, 9.17) is 0 Å². The SMILES string of the molecule is CCC1C(C)NC(=O)CS1(=O)=O. The van der Waals surface area contributed by atoms with Gasteiger partial charge in [0.2, 0.25) is 5.91 Å². The van der Waals surface area contributed by atoms with Crippen molar-refractivity contribution in [3.63, 3.8) is 0 Å². The summed E-state index contributed by atoms with van der Waals surface area (Å²) in [6.07, 6.45) is 0.559. The highest BCUT2D eigenvalue weighted by Gasteiger charge is 2.36. The summed E-state index contributed by atoms with van der Waals surface area (Å²) in [5.41, 5.74) is 0. The van der Waals surface area contributed by atoms with Crippen LogP contribution in [0.1, 0.15) is 20.3 Å². The molecule has 0 aromatic rings. The molecule has 0 aromatic heterocycles. The highest BCUT2D eigenvalue weighted by molar-refractivity contribution is 7.92. The molecular formula is C7H13NO3S. The van der Waals surface area contributed by atoms with Crippen LogP contribution in [-0.2, 0) is 14.6 Å². The van der Waals surface area contributed by atoms with Crippen LogP contribution in [0.5, 0.6) is 0 Å². The molecule has 1 amide bonds. The van der Waals surface area contributed by atoms with Crippen LogP contribution in [0.25, 0.3) is 0 Å². The van der Waals surface area contributed by atoms with E-state index in [-0.39, 0.29) is 17.7 Å². The van der Waals surface area contributed by atoms with Crippen molar-refractivity contribution in [2.45, 2.75) is 31.6 Å². The molecule has 1 rings (SSSR count). The molecular weight excluding hydrogens is 178 g/mol. The summed E-state index contributed by atoms with van der Waals surface area (Å²) in [6.45, 7) is 3.54. The van der Waals surface area contributed by atoms with E-state index >= 15 is 0 Å². The summed E-state index contributed by atoms with van der Waals surface area (Å²) in [5, 5.41) is 2.21. The van der Waals surface area contributed by atoms with E-state index in [1.807, 2.05) is 6.92 Å². The second-order valence-corrected chi connectivity index (χ2v) is 5.33. The predicted octanol–water partition coefficient (Wildman–Crippen LogP) is -0.302. The smallest absolute Gasteiger partial charge is 0.235 e. The van der Waals surface area contributed by atoms with Gasteiger partial charge in [-0.1, -0.05) is 6.92 Å². The van der Waals surface area contributed by atoms with Gasteiger partial charge in [0.15, 0.2) is 9.84 Å². The summed E-state index contributed by atoms with van der Waals surface area (Å²) in [7, 11) is -3.18. The van der Waals surface area contributed by atoms with E-state index in [1.165, 1.54) is 0 Å². The van der Waals surface area contributed by atoms with Crippen LogP contribution < -0.4 is 5.32 Å². The third-order valence-electron chi connectivity index (χ3n) is 2.14. The molecule has 0 bridgehead atoms. The Balaban J connectivity index is 2.93. The number of hydrogen-bond acceptors (Lipinski definition) is 3. The van der Waals surface area contributed by atoms with E-state index in [1.54, 1.807) is 6.92 Å². The molecule has 1 aliphatic heterocycles. The Labute approximate surface area is 72.3 Å². The Morgan fingerprint density at radius 2 is 2.17 bits per heavy atom. The van der Waals surface area contributed by atoms with E-state index in [2.05, 4.69) is 5.32 Å². The molecule has 0 aromatic carbocycles. The number of carbonyl (C=O) groups excluding carboxylic acids is 1. The molecule has 5 heteroatoms. The molecule has 1 N–H and O–H groups in total. The topological polar surface area (TPSA) is 63.2 Å². The lowest BCUT2D eigenvalue weighted by molar-refractivity contribution is -0.119. The van der Waals surface area contributed by atoms with Crippen molar-refractivity contribution in [3.05, 3.63) is 0 Å². The van der Waals surface area contributed by atoms with Gasteiger partial charge in [-0.2, -0.15) is 0 Å². The molecule has 1 fully saturated rings. The largest absolute Gasteiger partial charge is 0.351 e. The number of amides is 1. The molecule has 2 atom stereocenters. The van der Waals surface area contributed by atoms with Crippen molar-refractivity contribution in [3.8, 4) is 0 Å². The van der Waals surface area contributed by atoms with Gasteiger partial charge in [-0.15, -0.1) is 0 Å². The lowest BCUT2D eigenvalue weighted by Gasteiger charge is -2.28. The van der Waals surface area contributed by atoms with E-state index in [9.17, 15) is 13.2 Å². The van der Waals surface area contributed by atoms with Crippen molar-refractivity contribution in [2.75, 3.05) is 5.75 Å². The Morgan fingerprint density at radius 1 is 1.58 bits per heavy atom. The van der Waals surface area contributed by atoms with Gasteiger partial charge in [-0.3, -0.25) is 4.79 Å². The van der Waals surface area contributed by atoms with E-state index in [0.717, 1.165) is 0 Å². The monoisotopic (exact) mass is 191 g/mol. The molecule has 0 spiro atoms. The second kappa shape index (κ2) is 3.05. The molecule has 70 valence electrons. The van der Waals surface area contributed by atoms with Crippen LogP contribution in [0.2, 0.25) is 0 Å². The minimum atomic E-state index is -3.18. The van der Waals surface area contributed by atoms with Crippen LogP contribution in [0.3, 0.4) is 0 Å². The number of sulfone groups is 1. The minimum absolute atomic E-state index is 0.249. The van der Waals surface area contributed by atoms with Crippen molar-refractivity contribution in [1.29, 1.82) is 0 Å². The fourth-order valence-electron chi connectivity index (χ4n) is 1.60. The molecule has 0 saturated carbocycles. The summed E-state index contributed by atoms with van der Waals surface area (Å²) in [6, 6.07) is -0.249. The lowest BCUT2D eigenvalue weighted by atomic mass is 10.2. The first-order valence-electron chi connectivity index (χ1n) is 3.98. The molecule has 1 heterocycles. The summed E-state index contributed by atoms with van der Waals surface area (Å²) in [5.74, 6) is -0.734. The van der Waals surface area contributed by atoms with Crippen molar-refractivity contribution >= 4 is 15.7 Å². The van der Waals surface area contributed by atoms with Gasteiger partial charge >= 0.3 is 0 Å². The Morgan fingerprint density at radius 3 is 2.58 bits per heavy atom. The summed E-state index contributed by atoms with van der Waals surface area (Å²) >= 11 is 0. The van der Waals surface area contributed by atoms with Crippen LogP contribution in [0, 0.1) is 0 Å². The number of nitrogens with one attached hydrogen (secondary N) is 1. The van der Waals surface area contributed by atoms with Crippen molar-refractivity contribution < 1.29 is 13.2 Å². The maximum atomic E-state index is 11.4. The Hall–Kier alpha value is -0.580. The predicted molar refractivity (Wildman–Crippen MR) is 45.5 cm³/mol. The van der Waals surface area contributed by atoms with Crippen LogP contribution >= 0.6 is 0 Å². The molecule has 12 heavy (non-hydrogen) atoms. The molecule has 4 nitrogen and oxygen atoms in total. The standard InChI is InChI=1S/C7H13NO3S/c1-3-6-5(2)8-7(9)4-12(6,10)11/h5-6H,3-4H2,1-2H3,(H,8,9). The van der Waals surface area contributed by atoms with E-state index in [0.29, 0.717) is 6.42 Å². The van der Waals surface area contributed by atoms with Crippen molar-refractivity contribution in [1.82, 2.24) is 5.32 Å². The lowest BCUT2D eigenvalue weighted by Crippen LogP contribution is -2.53. The van der Waals surface area contributed by atoms with E-state index < -0.39 is 15.1 Å². The first kappa shape index (κ1) is 9.51. The van der Waals surface area contributed by atoms with Gasteiger partial charge < -0.3 is 5.32 Å². The first-order chi connectivity index (χ1) is 5.47. The van der Waals surface area contributed by atoms with Gasteiger partial charge in [0.1, 0.15) is 5.75 Å². The Kier molecular flexibility index (Phi) is 2.41. The van der Waals surface area contributed by atoms with Crippen LogP contribution in [-0.4, -0.2) is 31.4 Å². The third kappa shape index (κ3) is 1.60. The Bertz CT molecular complexity index is 283. The van der Waals surface area contributed by atoms with Crippen LogP contribution in [0.4, 0.5) is 0 Å². The fourth-order valence-corrected chi connectivity index (χ4v) is 3.46. The van der Waals surface area contributed by atoms with Gasteiger partial charge in [0.25, 0.3) is 0 Å². The van der Waals surface area contributed by atoms with Gasteiger partial charge in [0.05, 0.1) is 5.25 Å². The molecule has 1 aliphatic rings. The van der Waals surface area contributed by atoms with Gasteiger partial charge in [-0.25, -0.2) is 8.42 Å². The molecule has 2 unspecified atom stereocenters. The quantitative estimate of drug-likeness (QED) is 0.619. The third-order valence-corrected chi connectivity index (χ3v) is 4.47. The van der Waals surface area contributed by atoms with Crippen LogP contribution in [0.15, 0.2) is 0 Å². The average molecular weight is 191 g/mol. The molecule has 0 radical (unpaired) electrons. The fraction of sp³-hybridized carbons (Fsp3) is 0.857. The van der Waals surface area contributed by atoms with Crippen molar-refractivity contribution in [2.24, 2.45) is 0 Å².